The van der Waals surface area contributed by atoms with Crippen LogP contribution in [0.15, 0.2) is 47.6 Å². The van der Waals surface area contributed by atoms with Crippen LogP contribution in [0.2, 0.25) is 0 Å². The van der Waals surface area contributed by atoms with E-state index in [1.807, 2.05) is 30.3 Å². The summed E-state index contributed by atoms with van der Waals surface area (Å²) in [5, 5.41) is 12.5. The lowest BCUT2D eigenvalue weighted by Gasteiger charge is -2.21. The molecule has 0 atom stereocenters. The fourth-order valence-electron chi connectivity index (χ4n) is 3.22. The minimum absolute atomic E-state index is 0.00963. The van der Waals surface area contributed by atoms with Gasteiger partial charge in [-0.2, -0.15) is 4.68 Å². The zero-order chi connectivity index (χ0) is 21.8. The van der Waals surface area contributed by atoms with E-state index < -0.39 is 0 Å². The number of hydrogen-bond donors (Lipinski definition) is 0. The van der Waals surface area contributed by atoms with E-state index in [1.165, 1.54) is 17.3 Å². The first-order valence-electron chi connectivity index (χ1n) is 10.2. The fourth-order valence-corrected chi connectivity index (χ4v) is 4.05. The van der Waals surface area contributed by atoms with Crippen LogP contribution >= 0.6 is 11.8 Å². The van der Waals surface area contributed by atoms with Gasteiger partial charge in [0.25, 0.3) is 0 Å². The van der Waals surface area contributed by atoms with E-state index in [4.69, 9.17) is 9.47 Å². The van der Waals surface area contributed by atoms with Crippen molar-refractivity contribution < 1.29 is 14.3 Å². The Kier molecular flexibility index (Phi) is 6.41. The summed E-state index contributed by atoms with van der Waals surface area (Å²) in [6, 6.07) is 13.9. The standard InChI is InChI=1S/C22H25N5O3S/c1-15(2)17-5-7-18(8-6-17)27-22(23-24-25-27)31-14-21(28)26(3)13-16-4-9-19-20(12-16)30-11-10-29-19/h4-9,12,15H,10-11,13-14H2,1-3H3. The van der Waals surface area contributed by atoms with Gasteiger partial charge in [0.05, 0.1) is 11.4 Å². The molecule has 0 unspecified atom stereocenters. The molecule has 4 rings (SSSR count). The first-order chi connectivity index (χ1) is 15.0. The third-order valence-electron chi connectivity index (χ3n) is 5.02. The highest BCUT2D eigenvalue weighted by atomic mass is 32.2. The van der Waals surface area contributed by atoms with Crippen LogP contribution < -0.4 is 9.47 Å². The first-order valence-corrected chi connectivity index (χ1v) is 11.1. The Morgan fingerprint density at radius 3 is 2.61 bits per heavy atom. The Morgan fingerprint density at radius 2 is 1.87 bits per heavy atom. The number of ether oxygens (including phenoxy) is 2. The van der Waals surface area contributed by atoms with Crippen molar-refractivity contribution in [1.82, 2.24) is 25.1 Å². The Balaban J connectivity index is 1.36. The van der Waals surface area contributed by atoms with Crippen LogP contribution in [-0.4, -0.2) is 57.0 Å². The summed E-state index contributed by atoms with van der Waals surface area (Å²) in [6.07, 6.45) is 0. The SMILES string of the molecule is CC(C)c1ccc(-n2nnnc2SCC(=O)N(C)Cc2ccc3c(c2)OCCO3)cc1. The molecular weight excluding hydrogens is 414 g/mol. The van der Waals surface area contributed by atoms with Gasteiger partial charge in [0.2, 0.25) is 11.1 Å². The van der Waals surface area contributed by atoms with Crippen LogP contribution in [0, 0.1) is 0 Å². The largest absolute Gasteiger partial charge is 0.486 e. The quantitative estimate of drug-likeness (QED) is 0.522. The molecule has 31 heavy (non-hydrogen) atoms. The number of amides is 1. The number of carbonyl (C=O) groups is 1. The molecule has 0 radical (unpaired) electrons. The molecule has 2 aromatic carbocycles. The van der Waals surface area contributed by atoms with E-state index >= 15 is 0 Å². The van der Waals surface area contributed by atoms with Crippen molar-refractivity contribution in [3.8, 4) is 17.2 Å². The molecule has 1 amide bonds. The minimum Gasteiger partial charge on any atom is -0.486 e. The van der Waals surface area contributed by atoms with E-state index in [0.717, 1.165) is 22.7 Å². The van der Waals surface area contributed by atoms with Crippen LogP contribution in [0.3, 0.4) is 0 Å². The maximum absolute atomic E-state index is 12.7. The second-order valence-corrected chi connectivity index (χ2v) is 8.58. The van der Waals surface area contributed by atoms with E-state index in [1.54, 1.807) is 16.6 Å². The Hall–Kier alpha value is -3.07. The minimum atomic E-state index is -0.00963. The van der Waals surface area contributed by atoms with Crippen LogP contribution in [0.4, 0.5) is 0 Å². The molecule has 2 heterocycles. The molecule has 0 bridgehead atoms. The smallest absolute Gasteiger partial charge is 0.233 e. The maximum atomic E-state index is 12.7. The van der Waals surface area contributed by atoms with Gasteiger partial charge >= 0.3 is 0 Å². The number of benzene rings is 2. The van der Waals surface area contributed by atoms with Crippen LogP contribution in [0.5, 0.6) is 11.5 Å². The van der Waals surface area contributed by atoms with Gasteiger partial charge < -0.3 is 14.4 Å². The highest BCUT2D eigenvalue weighted by Crippen LogP contribution is 2.31. The van der Waals surface area contributed by atoms with Gasteiger partial charge in [-0.3, -0.25) is 4.79 Å². The molecule has 3 aromatic rings. The number of thioether (sulfide) groups is 1. The number of aromatic nitrogens is 4. The molecule has 1 aliphatic heterocycles. The van der Waals surface area contributed by atoms with Crippen LogP contribution in [0.25, 0.3) is 5.69 Å². The van der Waals surface area contributed by atoms with E-state index in [2.05, 4.69) is 41.5 Å². The summed E-state index contributed by atoms with van der Waals surface area (Å²) in [5.74, 6) is 2.16. The van der Waals surface area contributed by atoms with Gasteiger partial charge in [0.1, 0.15) is 13.2 Å². The van der Waals surface area contributed by atoms with Gasteiger partial charge in [-0.1, -0.05) is 43.8 Å². The van der Waals surface area contributed by atoms with Crippen molar-refractivity contribution in [3.05, 3.63) is 53.6 Å². The van der Waals surface area contributed by atoms with Crippen molar-refractivity contribution in [2.24, 2.45) is 0 Å². The highest BCUT2D eigenvalue weighted by molar-refractivity contribution is 7.99. The molecule has 162 valence electrons. The van der Waals surface area contributed by atoms with Gasteiger partial charge in [-0.05, 0) is 51.7 Å². The molecule has 1 aliphatic rings. The van der Waals surface area contributed by atoms with E-state index in [-0.39, 0.29) is 11.7 Å². The topological polar surface area (TPSA) is 82.4 Å². The second kappa shape index (κ2) is 9.38. The number of carbonyl (C=O) groups excluding carboxylic acids is 1. The number of rotatable bonds is 7. The molecule has 0 aliphatic carbocycles. The molecule has 0 spiro atoms. The molecule has 8 nitrogen and oxygen atoms in total. The lowest BCUT2D eigenvalue weighted by atomic mass is 10.0. The lowest BCUT2D eigenvalue weighted by Crippen LogP contribution is -2.28. The number of nitrogens with zero attached hydrogens (tertiary/aromatic N) is 5. The number of tetrazole rings is 1. The summed E-state index contributed by atoms with van der Waals surface area (Å²) in [7, 11) is 1.79. The van der Waals surface area contributed by atoms with Gasteiger partial charge in [-0.15, -0.1) is 5.10 Å². The Bertz CT molecular complexity index is 1050. The number of fused-ring (bicyclic) bond motifs is 1. The zero-order valence-corrected chi connectivity index (χ0v) is 18.6. The van der Waals surface area contributed by atoms with Gasteiger partial charge in [0.15, 0.2) is 11.5 Å². The predicted octanol–water partition coefficient (Wildman–Crippen LogP) is 3.31. The van der Waals surface area contributed by atoms with Crippen molar-refractivity contribution in [2.75, 3.05) is 26.0 Å². The predicted molar refractivity (Wildman–Crippen MR) is 118 cm³/mol. The van der Waals surface area contributed by atoms with Gasteiger partial charge in [-0.25, -0.2) is 0 Å². The summed E-state index contributed by atoms with van der Waals surface area (Å²) >= 11 is 1.32. The van der Waals surface area contributed by atoms with E-state index in [9.17, 15) is 4.79 Å². The van der Waals surface area contributed by atoms with Crippen molar-refractivity contribution in [3.63, 3.8) is 0 Å². The Labute approximate surface area is 185 Å². The van der Waals surface area contributed by atoms with Crippen molar-refractivity contribution >= 4 is 17.7 Å². The van der Waals surface area contributed by atoms with Crippen molar-refractivity contribution in [2.45, 2.75) is 31.5 Å². The maximum Gasteiger partial charge on any atom is 0.233 e. The summed E-state index contributed by atoms with van der Waals surface area (Å²) in [4.78, 5) is 14.4. The van der Waals surface area contributed by atoms with E-state index in [0.29, 0.717) is 30.8 Å². The number of hydrogen-bond acceptors (Lipinski definition) is 7. The molecule has 0 fully saturated rings. The zero-order valence-electron chi connectivity index (χ0n) is 17.8. The molecule has 9 heteroatoms. The summed E-state index contributed by atoms with van der Waals surface area (Å²) in [6.45, 7) is 5.89. The Morgan fingerprint density at radius 1 is 1.13 bits per heavy atom. The molecule has 0 saturated heterocycles. The third kappa shape index (κ3) is 4.99. The molecule has 0 saturated carbocycles. The van der Waals surface area contributed by atoms with Gasteiger partial charge in [0, 0.05) is 13.6 Å². The monoisotopic (exact) mass is 439 g/mol. The average Bonchev–Trinajstić information content (AvgIpc) is 3.26. The average molecular weight is 440 g/mol. The highest BCUT2D eigenvalue weighted by Gasteiger charge is 2.17. The summed E-state index contributed by atoms with van der Waals surface area (Å²) < 4.78 is 12.8. The van der Waals surface area contributed by atoms with Crippen LogP contribution in [0.1, 0.15) is 30.9 Å². The third-order valence-corrected chi connectivity index (χ3v) is 5.93. The second-order valence-electron chi connectivity index (χ2n) is 7.64. The van der Waals surface area contributed by atoms with Crippen molar-refractivity contribution in [1.29, 1.82) is 0 Å². The molecule has 1 aromatic heterocycles. The molecule has 0 N–H and O–H groups in total. The first kappa shape index (κ1) is 21.2. The summed E-state index contributed by atoms with van der Waals surface area (Å²) in [5.41, 5.74) is 3.11. The van der Waals surface area contributed by atoms with Crippen LogP contribution in [-0.2, 0) is 11.3 Å². The fraction of sp³-hybridized carbons (Fsp3) is 0.364. The molecular formula is C22H25N5O3S. The lowest BCUT2D eigenvalue weighted by molar-refractivity contribution is -0.127. The normalized spacial score (nSPS) is 12.8.